The molecule has 0 atom stereocenters. The number of methoxy groups -OCH3 is 1. The maximum Gasteiger partial charge on any atom is 0.340 e. The molecule has 1 saturated heterocycles. The minimum atomic E-state index is -0.684. The number of benzene rings is 1. The van der Waals surface area contributed by atoms with Crippen molar-refractivity contribution < 1.29 is 18.7 Å². The van der Waals surface area contributed by atoms with Gasteiger partial charge in [-0.2, -0.15) is 0 Å². The van der Waals surface area contributed by atoms with Crippen molar-refractivity contribution in [1.82, 2.24) is 5.32 Å². The maximum absolute atomic E-state index is 13.1. The number of carbonyl (C=O) groups excluding carboxylic acids is 2. The quantitative estimate of drug-likeness (QED) is 0.780. The predicted octanol–water partition coefficient (Wildman–Crippen LogP) is 0.770. The number of hydrogen-bond donors (Lipinski definition) is 2. The second-order valence-electron chi connectivity index (χ2n) is 4.03. The molecular weight excluding hydrogens is 239 g/mol. The average molecular weight is 252 g/mol. The first-order valence-corrected chi connectivity index (χ1v) is 5.51. The molecule has 0 bridgehead atoms. The third-order valence-corrected chi connectivity index (χ3v) is 2.80. The molecule has 0 aliphatic carbocycles. The molecule has 1 fully saturated rings. The first kappa shape index (κ1) is 12.5. The number of rotatable bonds is 3. The SMILES string of the molecule is COC(=O)c1cc(F)ccc1NC(=O)C1CNC1. The van der Waals surface area contributed by atoms with E-state index in [1.807, 2.05) is 0 Å². The number of anilines is 1. The van der Waals surface area contributed by atoms with Crippen molar-refractivity contribution in [3.8, 4) is 0 Å². The molecular formula is C12H13FN2O3. The van der Waals surface area contributed by atoms with Crippen molar-refractivity contribution in [1.29, 1.82) is 0 Å². The Hall–Kier alpha value is -1.95. The van der Waals surface area contributed by atoms with Crippen molar-refractivity contribution in [2.75, 3.05) is 25.5 Å². The Kier molecular flexibility index (Phi) is 3.57. The minimum Gasteiger partial charge on any atom is -0.465 e. The van der Waals surface area contributed by atoms with E-state index in [0.717, 1.165) is 6.07 Å². The Morgan fingerprint density at radius 1 is 1.44 bits per heavy atom. The van der Waals surface area contributed by atoms with E-state index in [1.165, 1.54) is 19.2 Å². The van der Waals surface area contributed by atoms with Gasteiger partial charge in [0.25, 0.3) is 0 Å². The fraction of sp³-hybridized carbons (Fsp3) is 0.333. The van der Waals surface area contributed by atoms with Crippen LogP contribution in [0.15, 0.2) is 18.2 Å². The first-order chi connectivity index (χ1) is 8.61. The topological polar surface area (TPSA) is 67.4 Å². The molecule has 0 aromatic heterocycles. The molecule has 1 aliphatic rings. The van der Waals surface area contributed by atoms with Gasteiger partial charge >= 0.3 is 5.97 Å². The van der Waals surface area contributed by atoms with E-state index in [2.05, 4.69) is 15.4 Å². The molecule has 1 amide bonds. The zero-order chi connectivity index (χ0) is 13.1. The average Bonchev–Trinajstić information content (AvgIpc) is 2.28. The van der Waals surface area contributed by atoms with Gasteiger partial charge < -0.3 is 15.4 Å². The lowest BCUT2D eigenvalue weighted by atomic mass is 10.0. The molecule has 0 unspecified atom stereocenters. The van der Waals surface area contributed by atoms with Crippen LogP contribution in [-0.2, 0) is 9.53 Å². The summed E-state index contributed by atoms with van der Waals surface area (Å²) in [4.78, 5) is 23.2. The molecule has 96 valence electrons. The van der Waals surface area contributed by atoms with E-state index < -0.39 is 11.8 Å². The highest BCUT2D eigenvalue weighted by Crippen LogP contribution is 2.19. The van der Waals surface area contributed by atoms with Gasteiger partial charge in [-0.25, -0.2) is 9.18 Å². The van der Waals surface area contributed by atoms with Gasteiger partial charge in [-0.3, -0.25) is 4.79 Å². The molecule has 18 heavy (non-hydrogen) atoms. The van der Waals surface area contributed by atoms with Crippen LogP contribution in [0.4, 0.5) is 10.1 Å². The van der Waals surface area contributed by atoms with Gasteiger partial charge in [0, 0.05) is 13.1 Å². The summed E-state index contributed by atoms with van der Waals surface area (Å²) in [5.74, 6) is -1.54. The van der Waals surface area contributed by atoms with E-state index in [4.69, 9.17) is 0 Å². The van der Waals surface area contributed by atoms with Crippen LogP contribution < -0.4 is 10.6 Å². The third kappa shape index (κ3) is 2.48. The molecule has 0 radical (unpaired) electrons. The standard InChI is InChI=1S/C12H13FN2O3/c1-18-12(17)9-4-8(13)2-3-10(9)15-11(16)7-5-14-6-7/h2-4,7,14H,5-6H2,1H3,(H,15,16). The third-order valence-electron chi connectivity index (χ3n) is 2.80. The fourth-order valence-corrected chi connectivity index (χ4v) is 1.61. The summed E-state index contributed by atoms with van der Waals surface area (Å²) in [6.07, 6.45) is 0. The van der Waals surface area contributed by atoms with Gasteiger partial charge in [0.15, 0.2) is 0 Å². The van der Waals surface area contributed by atoms with Gasteiger partial charge in [0.2, 0.25) is 5.91 Å². The summed E-state index contributed by atoms with van der Waals surface area (Å²) in [6.45, 7) is 1.22. The van der Waals surface area contributed by atoms with Crippen LogP contribution in [0, 0.1) is 11.7 Å². The molecule has 2 rings (SSSR count). The van der Waals surface area contributed by atoms with E-state index in [-0.39, 0.29) is 23.1 Å². The Morgan fingerprint density at radius 3 is 2.72 bits per heavy atom. The van der Waals surface area contributed by atoms with Gasteiger partial charge in [-0.15, -0.1) is 0 Å². The van der Waals surface area contributed by atoms with Crippen molar-refractivity contribution in [2.45, 2.75) is 0 Å². The second-order valence-corrected chi connectivity index (χ2v) is 4.03. The summed E-state index contributed by atoms with van der Waals surface area (Å²) in [5, 5.41) is 5.58. The number of carbonyl (C=O) groups is 2. The molecule has 1 aromatic carbocycles. The number of esters is 1. The summed E-state index contributed by atoms with van der Waals surface area (Å²) in [6, 6.07) is 3.58. The van der Waals surface area contributed by atoms with E-state index in [0.29, 0.717) is 13.1 Å². The lowest BCUT2D eigenvalue weighted by Crippen LogP contribution is -2.48. The van der Waals surface area contributed by atoms with Crippen LogP contribution in [0.2, 0.25) is 0 Å². The van der Waals surface area contributed by atoms with Gasteiger partial charge in [0.1, 0.15) is 5.82 Å². The number of halogens is 1. The highest BCUT2D eigenvalue weighted by atomic mass is 19.1. The number of ether oxygens (including phenoxy) is 1. The van der Waals surface area contributed by atoms with Crippen LogP contribution in [0.1, 0.15) is 10.4 Å². The molecule has 1 heterocycles. The Balaban J connectivity index is 2.20. The smallest absolute Gasteiger partial charge is 0.340 e. The molecule has 0 saturated carbocycles. The predicted molar refractivity (Wildman–Crippen MR) is 62.7 cm³/mol. The summed E-state index contributed by atoms with van der Waals surface area (Å²) < 4.78 is 17.6. The number of amides is 1. The van der Waals surface area contributed by atoms with Crippen LogP contribution in [-0.4, -0.2) is 32.1 Å². The highest BCUT2D eigenvalue weighted by molar-refractivity contribution is 6.02. The van der Waals surface area contributed by atoms with Gasteiger partial charge in [-0.1, -0.05) is 0 Å². The van der Waals surface area contributed by atoms with Crippen LogP contribution in [0.3, 0.4) is 0 Å². The van der Waals surface area contributed by atoms with E-state index in [1.54, 1.807) is 0 Å². The lowest BCUT2D eigenvalue weighted by Gasteiger charge is -2.26. The number of nitrogens with one attached hydrogen (secondary N) is 2. The van der Waals surface area contributed by atoms with Crippen molar-refractivity contribution >= 4 is 17.6 Å². The zero-order valence-corrected chi connectivity index (χ0v) is 9.83. The largest absolute Gasteiger partial charge is 0.465 e. The normalized spacial score (nSPS) is 14.8. The van der Waals surface area contributed by atoms with Gasteiger partial charge in [-0.05, 0) is 18.2 Å². The molecule has 2 N–H and O–H groups in total. The van der Waals surface area contributed by atoms with Crippen molar-refractivity contribution in [3.05, 3.63) is 29.6 Å². The Labute approximate surface area is 103 Å². The molecule has 0 spiro atoms. The van der Waals surface area contributed by atoms with Crippen molar-refractivity contribution in [3.63, 3.8) is 0 Å². The van der Waals surface area contributed by atoms with E-state index in [9.17, 15) is 14.0 Å². The summed E-state index contributed by atoms with van der Waals surface area (Å²) in [5.41, 5.74) is 0.276. The van der Waals surface area contributed by atoms with Crippen molar-refractivity contribution in [2.24, 2.45) is 5.92 Å². The summed E-state index contributed by atoms with van der Waals surface area (Å²) in [7, 11) is 1.20. The maximum atomic E-state index is 13.1. The molecule has 5 nitrogen and oxygen atoms in total. The Morgan fingerprint density at radius 2 is 2.17 bits per heavy atom. The minimum absolute atomic E-state index is 0.0122. The summed E-state index contributed by atoms with van der Waals surface area (Å²) >= 11 is 0. The highest BCUT2D eigenvalue weighted by Gasteiger charge is 2.26. The first-order valence-electron chi connectivity index (χ1n) is 5.51. The second kappa shape index (κ2) is 5.14. The Bertz CT molecular complexity index is 486. The number of hydrogen-bond acceptors (Lipinski definition) is 4. The molecule has 1 aliphatic heterocycles. The van der Waals surface area contributed by atoms with Crippen LogP contribution >= 0.6 is 0 Å². The lowest BCUT2D eigenvalue weighted by molar-refractivity contribution is -0.121. The van der Waals surface area contributed by atoms with Crippen LogP contribution in [0.25, 0.3) is 0 Å². The fourth-order valence-electron chi connectivity index (χ4n) is 1.61. The zero-order valence-electron chi connectivity index (χ0n) is 9.83. The molecule has 1 aromatic rings. The molecule has 6 heteroatoms. The van der Waals surface area contributed by atoms with Gasteiger partial charge in [0.05, 0.1) is 24.3 Å². The van der Waals surface area contributed by atoms with Crippen LogP contribution in [0.5, 0.6) is 0 Å². The van der Waals surface area contributed by atoms with E-state index >= 15 is 0 Å². The monoisotopic (exact) mass is 252 g/mol.